The van der Waals surface area contributed by atoms with E-state index >= 15 is 0 Å². The van der Waals surface area contributed by atoms with Gasteiger partial charge in [0, 0.05) is 42.1 Å². The van der Waals surface area contributed by atoms with Crippen LogP contribution in [0.4, 0.5) is 0 Å². The summed E-state index contributed by atoms with van der Waals surface area (Å²) in [4.78, 5) is 4.39. The van der Waals surface area contributed by atoms with Crippen LogP contribution in [0.25, 0.3) is 10.8 Å². The first kappa shape index (κ1) is 13.8. The van der Waals surface area contributed by atoms with E-state index in [9.17, 15) is 8.42 Å². The molecular weight excluding hydrogens is 296 g/mol. The van der Waals surface area contributed by atoms with Crippen molar-refractivity contribution in [2.75, 3.05) is 19.0 Å². The van der Waals surface area contributed by atoms with Gasteiger partial charge in [0.25, 0.3) is 0 Å². The highest BCUT2D eigenvalue weighted by molar-refractivity contribution is 7.89. The van der Waals surface area contributed by atoms with Gasteiger partial charge in [-0.2, -0.15) is 4.31 Å². The monoisotopic (exact) mass is 310 g/mol. The van der Waals surface area contributed by atoms with Gasteiger partial charge in [-0.1, -0.05) is 12.1 Å². The van der Waals surface area contributed by atoms with E-state index in [-0.39, 0.29) is 5.92 Å². The molecule has 0 radical (unpaired) electrons. The molecule has 2 heterocycles. The van der Waals surface area contributed by atoms with E-state index in [4.69, 9.17) is 11.6 Å². The third-order valence-corrected chi connectivity index (χ3v) is 6.09. The third kappa shape index (κ3) is 2.30. The van der Waals surface area contributed by atoms with Gasteiger partial charge in [-0.15, -0.1) is 11.6 Å². The second-order valence-electron chi connectivity index (χ2n) is 5.03. The Morgan fingerprint density at radius 3 is 2.95 bits per heavy atom. The molecule has 0 N–H and O–H groups in total. The number of fused-ring (bicyclic) bond motifs is 1. The molecule has 4 nitrogen and oxygen atoms in total. The average Bonchev–Trinajstić information content (AvgIpc) is 2.96. The minimum absolute atomic E-state index is 0.253. The van der Waals surface area contributed by atoms with E-state index in [2.05, 4.69) is 4.98 Å². The van der Waals surface area contributed by atoms with Crippen LogP contribution < -0.4 is 0 Å². The molecule has 106 valence electrons. The molecule has 6 heteroatoms. The number of hydrogen-bond donors (Lipinski definition) is 0. The number of halogens is 1. The number of benzene rings is 1. The number of sulfonamides is 1. The van der Waals surface area contributed by atoms with Crippen molar-refractivity contribution in [3.05, 3.63) is 36.7 Å². The highest BCUT2D eigenvalue weighted by atomic mass is 35.5. The summed E-state index contributed by atoms with van der Waals surface area (Å²) in [5, 5.41) is 1.55. The SMILES string of the molecule is O=S(=O)(c1cccc2cnccc12)N1CCC(CCl)C1. The van der Waals surface area contributed by atoms with Crippen molar-refractivity contribution in [3.63, 3.8) is 0 Å². The lowest BCUT2D eigenvalue weighted by molar-refractivity contribution is 0.466. The number of pyridine rings is 1. The minimum atomic E-state index is -3.46. The molecule has 0 saturated carbocycles. The minimum Gasteiger partial charge on any atom is -0.264 e. The number of alkyl halides is 1. The van der Waals surface area contributed by atoms with Gasteiger partial charge in [0.2, 0.25) is 10.0 Å². The van der Waals surface area contributed by atoms with Crippen LogP contribution in [0.3, 0.4) is 0 Å². The summed E-state index contributed by atoms with van der Waals surface area (Å²) in [5.74, 6) is 0.758. The van der Waals surface area contributed by atoms with Crippen molar-refractivity contribution >= 4 is 32.4 Å². The maximum absolute atomic E-state index is 12.8. The molecule has 1 aliphatic heterocycles. The van der Waals surface area contributed by atoms with Gasteiger partial charge in [0.05, 0.1) is 4.90 Å². The molecule has 1 atom stereocenters. The Bertz CT molecular complexity index is 728. The fourth-order valence-corrected chi connectivity index (χ4v) is 4.60. The number of rotatable bonds is 3. The van der Waals surface area contributed by atoms with Crippen LogP contribution in [0.2, 0.25) is 0 Å². The van der Waals surface area contributed by atoms with Gasteiger partial charge in [-0.3, -0.25) is 4.98 Å². The Morgan fingerprint density at radius 2 is 2.20 bits per heavy atom. The highest BCUT2D eigenvalue weighted by Crippen LogP contribution is 2.29. The quantitative estimate of drug-likeness (QED) is 0.818. The van der Waals surface area contributed by atoms with Crippen LogP contribution in [-0.4, -0.2) is 36.7 Å². The first-order valence-electron chi connectivity index (χ1n) is 6.52. The lowest BCUT2D eigenvalue weighted by atomic mass is 10.2. The zero-order chi connectivity index (χ0) is 14.2. The predicted octanol–water partition coefficient (Wildman–Crippen LogP) is 2.48. The molecule has 3 rings (SSSR count). The first-order chi connectivity index (χ1) is 9.63. The van der Waals surface area contributed by atoms with E-state index < -0.39 is 10.0 Å². The van der Waals surface area contributed by atoms with Crippen LogP contribution in [-0.2, 0) is 10.0 Å². The smallest absolute Gasteiger partial charge is 0.243 e. The van der Waals surface area contributed by atoms with Crippen molar-refractivity contribution in [1.29, 1.82) is 0 Å². The highest BCUT2D eigenvalue weighted by Gasteiger charge is 2.32. The van der Waals surface area contributed by atoms with Crippen molar-refractivity contribution in [2.24, 2.45) is 5.92 Å². The van der Waals surface area contributed by atoms with Crippen molar-refractivity contribution in [2.45, 2.75) is 11.3 Å². The lowest BCUT2D eigenvalue weighted by Crippen LogP contribution is -2.29. The summed E-state index contributed by atoms with van der Waals surface area (Å²) in [6, 6.07) is 7.03. The zero-order valence-corrected chi connectivity index (χ0v) is 12.4. The van der Waals surface area contributed by atoms with Crippen molar-refractivity contribution in [1.82, 2.24) is 9.29 Å². The third-order valence-electron chi connectivity index (χ3n) is 3.73. The predicted molar refractivity (Wildman–Crippen MR) is 79.3 cm³/mol. The summed E-state index contributed by atoms with van der Waals surface area (Å²) >= 11 is 5.83. The molecule has 0 aliphatic carbocycles. The largest absolute Gasteiger partial charge is 0.264 e. The van der Waals surface area contributed by atoms with Crippen LogP contribution in [0.5, 0.6) is 0 Å². The van der Waals surface area contributed by atoms with Crippen molar-refractivity contribution < 1.29 is 8.42 Å². The Morgan fingerprint density at radius 1 is 1.35 bits per heavy atom. The Balaban J connectivity index is 2.06. The van der Waals surface area contributed by atoms with Gasteiger partial charge >= 0.3 is 0 Å². The topological polar surface area (TPSA) is 50.3 Å². The van der Waals surface area contributed by atoms with E-state index in [1.165, 1.54) is 4.31 Å². The second kappa shape index (κ2) is 5.31. The molecule has 0 amide bonds. The number of hydrogen-bond acceptors (Lipinski definition) is 3. The maximum atomic E-state index is 12.8. The standard InChI is InChI=1S/C14H15ClN2O2S/c15-8-11-5-7-17(10-11)20(18,19)14-3-1-2-12-9-16-6-4-13(12)14/h1-4,6,9,11H,5,7-8,10H2. The Hall–Kier alpha value is -1.17. The summed E-state index contributed by atoms with van der Waals surface area (Å²) < 4.78 is 27.1. The molecule has 2 aromatic rings. The molecule has 0 spiro atoms. The molecule has 1 fully saturated rings. The maximum Gasteiger partial charge on any atom is 0.243 e. The number of aromatic nitrogens is 1. The second-order valence-corrected chi connectivity index (χ2v) is 7.24. The van der Waals surface area contributed by atoms with Crippen LogP contribution >= 0.6 is 11.6 Å². The summed E-state index contributed by atoms with van der Waals surface area (Å²) in [7, 11) is -3.46. The fraction of sp³-hybridized carbons (Fsp3) is 0.357. The first-order valence-corrected chi connectivity index (χ1v) is 8.49. The van der Waals surface area contributed by atoms with Gasteiger partial charge in [-0.25, -0.2) is 8.42 Å². The van der Waals surface area contributed by atoms with Gasteiger partial charge in [0.15, 0.2) is 0 Å². The van der Waals surface area contributed by atoms with Crippen LogP contribution in [0.15, 0.2) is 41.6 Å². The van der Waals surface area contributed by atoms with Crippen LogP contribution in [0.1, 0.15) is 6.42 Å². The van der Waals surface area contributed by atoms with Crippen LogP contribution in [0, 0.1) is 5.92 Å². The van der Waals surface area contributed by atoms with Gasteiger partial charge in [-0.05, 0) is 24.5 Å². The summed E-state index contributed by atoms with van der Waals surface area (Å²) in [5.41, 5.74) is 0. The van der Waals surface area contributed by atoms with E-state index in [0.717, 1.165) is 17.2 Å². The lowest BCUT2D eigenvalue weighted by Gasteiger charge is -2.17. The zero-order valence-electron chi connectivity index (χ0n) is 10.9. The number of nitrogens with zero attached hydrogens (tertiary/aromatic N) is 2. The van der Waals surface area contributed by atoms with Crippen molar-refractivity contribution in [3.8, 4) is 0 Å². The summed E-state index contributed by atoms with van der Waals surface area (Å²) in [6.07, 6.45) is 4.13. The molecule has 1 saturated heterocycles. The molecule has 0 bridgehead atoms. The molecule has 1 unspecified atom stereocenters. The van der Waals surface area contributed by atoms with Gasteiger partial charge in [0.1, 0.15) is 0 Å². The van der Waals surface area contributed by atoms with E-state index in [1.54, 1.807) is 30.6 Å². The molecule has 20 heavy (non-hydrogen) atoms. The van der Waals surface area contributed by atoms with E-state index in [0.29, 0.717) is 23.9 Å². The molecular formula is C14H15ClN2O2S. The molecule has 1 aliphatic rings. The Kier molecular flexibility index (Phi) is 3.67. The van der Waals surface area contributed by atoms with E-state index in [1.807, 2.05) is 6.07 Å². The molecule has 1 aromatic heterocycles. The molecule has 1 aromatic carbocycles. The van der Waals surface area contributed by atoms with Gasteiger partial charge < -0.3 is 0 Å². The average molecular weight is 311 g/mol. The fourth-order valence-electron chi connectivity index (χ4n) is 2.60. The normalized spacial score (nSPS) is 20.6. The summed E-state index contributed by atoms with van der Waals surface area (Å²) in [6.45, 7) is 1.05. The Labute approximate surface area is 123 Å².